The first-order valence-corrected chi connectivity index (χ1v) is 5.77. The SMILES string of the molecule is O=C(O)N1CCC2(CCCC2CO)CC1. The molecule has 15 heavy (non-hydrogen) atoms. The Hall–Kier alpha value is -0.770. The molecule has 0 aromatic heterocycles. The molecule has 1 amide bonds. The lowest BCUT2D eigenvalue weighted by Gasteiger charge is -2.41. The van der Waals surface area contributed by atoms with E-state index < -0.39 is 6.09 Å². The Morgan fingerprint density at radius 3 is 2.53 bits per heavy atom. The second kappa shape index (κ2) is 4.00. The molecule has 0 radical (unpaired) electrons. The number of aliphatic hydroxyl groups is 1. The molecule has 1 heterocycles. The van der Waals surface area contributed by atoms with Gasteiger partial charge in [0, 0.05) is 19.7 Å². The molecule has 1 aliphatic carbocycles. The third kappa shape index (κ3) is 1.83. The number of carbonyl (C=O) groups is 1. The van der Waals surface area contributed by atoms with E-state index in [9.17, 15) is 9.90 Å². The molecule has 4 nitrogen and oxygen atoms in total. The Morgan fingerprint density at radius 2 is 2.00 bits per heavy atom. The number of rotatable bonds is 1. The van der Waals surface area contributed by atoms with Crippen molar-refractivity contribution in [3.05, 3.63) is 0 Å². The Morgan fingerprint density at radius 1 is 1.33 bits per heavy atom. The molecule has 4 heteroatoms. The number of piperidine rings is 1. The van der Waals surface area contributed by atoms with Crippen LogP contribution in [0.1, 0.15) is 32.1 Å². The van der Waals surface area contributed by atoms with Crippen LogP contribution in [-0.2, 0) is 0 Å². The summed E-state index contributed by atoms with van der Waals surface area (Å²) in [4.78, 5) is 12.3. The zero-order valence-electron chi connectivity index (χ0n) is 8.98. The molecule has 0 aromatic rings. The van der Waals surface area contributed by atoms with Crippen molar-refractivity contribution in [2.45, 2.75) is 32.1 Å². The highest BCUT2D eigenvalue weighted by Crippen LogP contribution is 2.50. The van der Waals surface area contributed by atoms with Gasteiger partial charge in [-0.25, -0.2) is 4.79 Å². The van der Waals surface area contributed by atoms with E-state index >= 15 is 0 Å². The number of aliphatic hydroxyl groups excluding tert-OH is 1. The van der Waals surface area contributed by atoms with Crippen LogP contribution in [0.5, 0.6) is 0 Å². The van der Waals surface area contributed by atoms with Gasteiger partial charge in [-0.2, -0.15) is 0 Å². The minimum Gasteiger partial charge on any atom is -0.465 e. The number of amides is 1. The first kappa shape index (κ1) is 10.7. The predicted molar refractivity (Wildman–Crippen MR) is 55.7 cm³/mol. The molecule has 86 valence electrons. The highest BCUT2D eigenvalue weighted by molar-refractivity contribution is 5.65. The fraction of sp³-hybridized carbons (Fsp3) is 0.909. The van der Waals surface area contributed by atoms with Gasteiger partial charge in [0.1, 0.15) is 0 Å². The van der Waals surface area contributed by atoms with Crippen molar-refractivity contribution < 1.29 is 15.0 Å². The topological polar surface area (TPSA) is 60.8 Å². The van der Waals surface area contributed by atoms with E-state index in [2.05, 4.69) is 0 Å². The fourth-order valence-corrected chi connectivity index (χ4v) is 3.30. The van der Waals surface area contributed by atoms with Gasteiger partial charge in [0.05, 0.1) is 0 Å². The van der Waals surface area contributed by atoms with Gasteiger partial charge in [-0.3, -0.25) is 0 Å². The Balaban J connectivity index is 1.99. The van der Waals surface area contributed by atoms with Crippen LogP contribution in [0, 0.1) is 11.3 Å². The standard InChI is InChI=1S/C11H19NO3/c13-8-9-2-1-3-11(9)4-6-12(7-5-11)10(14)15/h9,13H,1-8H2,(H,14,15). The van der Waals surface area contributed by atoms with Gasteiger partial charge in [-0.15, -0.1) is 0 Å². The second-order valence-electron chi connectivity index (χ2n) is 4.90. The quantitative estimate of drug-likeness (QED) is 0.694. The number of nitrogens with zero attached hydrogens (tertiary/aromatic N) is 1. The molecule has 1 spiro atoms. The third-order valence-corrected chi connectivity index (χ3v) is 4.34. The summed E-state index contributed by atoms with van der Waals surface area (Å²) < 4.78 is 0. The Labute approximate surface area is 89.9 Å². The van der Waals surface area contributed by atoms with Crippen molar-refractivity contribution in [2.75, 3.05) is 19.7 Å². The molecule has 1 saturated heterocycles. The zero-order valence-corrected chi connectivity index (χ0v) is 8.98. The molecule has 2 rings (SSSR count). The van der Waals surface area contributed by atoms with Crippen molar-refractivity contribution in [1.82, 2.24) is 4.90 Å². The van der Waals surface area contributed by atoms with Crippen molar-refractivity contribution in [1.29, 1.82) is 0 Å². The lowest BCUT2D eigenvalue weighted by molar-refractivity contribution is 0.0414. The molecule has 0 bridgehead atoms. The summed E-state index contributed by atoms with van der Waals surface area (Å²) in [6, 6.07) is 0. The maximum Gasteiger partial charge on any atom is 0.407 e. The summed E-state index contributed by atoms with van der Waals surface area (Å²) in [6.45, 7) is 1.56. The van der Waals surface area contributed by atoms with Crippen LogP contribution in [0.15, 0.2) is 0 Å². The Kier molecular flexibility index (Phi) is 2.87. The fourth-order valence-electron chi connectivity index (χ4n) is 3.30. The highest BCUT2D eigenvalue weighted by Gasteiger charge is 2.44. The molecular formula is C11H19NO3. The van der Waals surface area contributed by atoms with E-state index in [4.69, 9.17) is 5.11 Å². The van der Waals surface area contributed by atoms with E-state index in [0.717, 1.165) is 19.3 Å². The van der Waals surface area contributed by atoms with Gasteiger partial charge >= 0.3 is 6.09 Å². The van der Waals surface area contributed by atoms with Gasteiger partial charge in [-0.1, -0.05) is 6.42 Å². The molecule has 1 aliphatic heterocycles. The molecule has 0 aromatic carbocycles. The summed E-state index contributed by atoms with van der Waals surface area (Å²) >= 11 is 0. The van der Waals surface area contributed by atoms with Crippen LogP contribution < -0.4 is 0 Å². The lowest BCUT2D eigenvalue weighted by atomic mass is 9.71. The average Bonchev–Trinajstić information content (AvgIpc) is 2.61. The number of likely N-dealkylation sites (tertiary alicyclic amines) is 1. The van der Waals surface area contributed by atoms with Gasteiger partial charge in [0.15, 0.2) is 0 Å². The first-order chi connectivity index (χ1) is 7.18. The summed E-state index contributed by atoms with van der Waals surface area (Å²) in [5.74, 6) is 0.411. The van der Waals surface area contributed by atoms with E-state index in [0.29, 0.717) is 19.0 Å². The molecule has 1 saturated carbocycles. The normalized spacial score (nSPS) is 29.7. The Bertz CT molecular complexity index is 246. The maximum atomic E-state index is 10.8. The van der Waals surface area contributed by atoms with Gasteiger partial charge in [-0.05, 0) is 37.0 Å². The molecule has 2 N–H and O–H groups in total. The van der Waals surface area contributed by atoms with Crippen LogP contribution in [0.25, 0.3) is 0 Å². The van der Waals surface area contributed by atoms with Gasteiger partial charge in [0.25, 0.3) is 0 Å². The molecule has 1 atom stereocenters. The van der Waals surface area contributed by atoms with Crippen molar-refractivity contribution in [3.63, 3.8) is 0 Å². The first-order valence-electron chi connectivity index (χ1n) is 5.77. The van der Waals surface area contributed by atoms with Crippen molar-refractivity contribution in [2.24, 2.45) is 11.3 Å². The minimum atomic E-state index is -0.802. The van der Waals surface area contributed by atoms with Crippen molar-refractivity contribution in [3.8, 4) is 0 Å². The van der Waals surface area contributed by atoms with Crippen molar-refractivity contribution >= 4 is 6.09 Å². The summed E-state index contributed by atoms with van der Waals surface area (Å²) in [7, 11) is 0. The van der Waals surface area contributed by atoms with E-state index in [1.807, 2.05) is 0 Å². The molecule has 1 unspecified atom stereocenters. The van der Waals surface area contributed by atoms with E-state index in [-0.39, 0.29) is 12.0 Å². The summed E-state index contributed by atoms with van der Waals surface area (Å²) in [6.07, 6.45) is 4.55. The number of carboxylic acid groups (broad SMARTS) is 1. The number of hydrogen-bond acceptors (Lipinski definition) is 2. The second-order valence-corrected chi connectivity index (χ2v) is 4.90. The number of hydrogen-bond donors (Lipinski definition) is 2. The van der Waals surface area contributed by atoms with E-state index in [1.54, 1.807) is 0 Å². The van der Waals surface area contributed by atoms with Crippen LogP contribution in [0.3, 0.4) is 0 Å². The van der Waals surface area contributed by atoms with Gasteiger partial charge in [0.2, 0.25) is 0 Å². The molecular weight excluding hydrogens is 194 g/mol. The van der Waals surface area contributed by atoms with Crippen LogP contribution in [0.2, 0.25) is 0 Å². The van der Waals surface area contributed by atoms with Crippen LogP contribution in [0.4, 0.5) is 4.79 Å². The summed E-state index contributed by atoms with van der Waals surface area (Å²) in [5, 5.41) is 18.2. The summed E-state index contributed by atoms with van der Waals surface area (Å²) in [5.41, 5.74) is 0.251. The zero-order chi connectivity index (χ0) is 10.9. The molecule has 2 aliphatic rings. The highest BCUT2D eigenvalue weighted by atomic mass is 16.4. The maximum absolute atomic E-state index is 10.8. The smallest absolute Gasteiger partial charge is 0.407 e. The van der Waals surface area contributed by atoms with Gasteiger partial charge < -0.3 is 15.1 Å². The van der Waals surface area contributed by atoms with Crippen LogP contribution in [-0.4, -0.2) is 40.9 Å². The monoisotopic (exact) mass is 213 g/mol. The molecule has 2 fully saturated rings. The minimum absolute atomic E-state index is 0.251. The lowest BCUT2D eigenvalue weighted by Crippen LogP contribution is -2.44. The largest absolute Gasteiger partial charge is 0.465 e. The predicted octanol–water partition coefficient (Wildman–Crippen LogP) is 1.54. The van der Waals surface area contributed by atoms with E-state index in [1.165, 1.54) is 17.7 Å². The average molecular weight is 213 g/mol. The van der Waals surface area contributed by atoms with Crippen LogP contribution >= 0.6 is 0 Å². The third-order valence-electron chi connectivity index (χ3n) is 4.34.